The van der Waals surface area contributed by atoms with Crippen LogP contribution < -0.4 is 5.32 Å². The van der Waals surface area contributed by atoms with E-state index in [1.807, 2.05) is 6.08 Å². The van der Waals surface area contributed by atoms with E-state index in [0.29, 0.717) is 6.04 Å². The Balaban J connectivity index is 2.63. The Morgan fingerprint density at radius 1 is 1.38 bits per heavy atom. The average molecular weight is 175 g/mol. The van der Waals surface area contributed by atoms with Gasteiger partial charge in [0.25, 0.3) is 0 Å². The molecule has 1 N–H and O–H groups in total. The quantitative estimate of drug-likeness (QED) is 0.695. The zero-order chi connectivity index (χ0) is 9.68. The van der Waals surface area contributed by atoms with Gasteiger partial charge in [-0.25, -0.2) is 0 Å². The van der Waals surface area contributed by atoms with Gasteiger partial charge < -0.3 is 5.32 Å². The van der Waals surface area contributed by atoms with Crippen molar-refractivity contribution in [1.82, 2.24) is 5.32 Å². The summed E-state index contributed by atoms with van der Waals surface area (Å²) in [5, 5.41) is 3.37. The van der Waals surface area contributed by atoms with Crippen molar-refractivity contribution < 1.29 is 0 Å². The lowest BCUT2D eigenvalue weighted by atomic mass is 10.2. The summed E-state index contributed by atoms with van der Waals surface area (Å²) in [5.41, 5.74) is 2.39. The van der Waals surface area contributed by atoms with Crippen molar-refractivity contribution in [2.75, 3.05) is 0 Å². The van der Waals surface area contributed by atoms with Crippen LogP contribution in [0.5, 0.6) is 0 Å². The van der Waals surface area contributed by atoms with E-state index in [9.17, 15) is 0 Å². The summed E-state index contributed by atoms with van der Waals surface area (Å²) < 4.78 is 0. The second-order valence-corrected chi connectivity index (χ2v) is 3.44. The lowest BCUT2D eigenvalue weighted by Gasteiger charge is -2.09. The molecular weight excluding hydrogens is 158 g/mol. The van der Waals surface area contributed by atoms with Crippen molar-refractivity contribution in [1.29, 1.82) is 0 Å². The van der Waals surface area contributed by atoms with Crippen molar-refractivity contribution in [2.24, 2.45) is 0 Å². The van der Waals surface area contributed by atoms with Gasteiger partial charge in [-0.15, -0.1) is 0 Å². The van der Waals surface area contributed by atoms with Gasteiger partial charge in [0.1, 0.15) is 0 Å². The summed E-state index contributed by atoms with van der Waals surface area (Å²) in [7, 11) is 0. The molecule has 0 heterocycles. The molecule has 0 aromatic rings. The molecule has 0 unspecified atom stereocenters. The molecule has 1 rings (SSSR count). The highest BCUT2D eigenvalue weighted by atomic mass is 14.9. The fourth-order valence-corrected chi connectivity index (χ4v) is 1.24. The average Bonchev–Trinajstić information content (AvgIpc) is 2.29. The Morgan fingerprint density at radius 2 is 2.15 bits per heavy atom. The van der Waals surface area contributed by atoms with Crippen LogP contribution in [-0.4, -0.2) is 6.04 Å². The third-order valence-electron chi connectivity index (χ3n) is 1.84. The van der Waals surface area contributed by atoms with Crippen LogP contribution in [0.3, 0.4) is 0 Å². The van der Waals surface area contributed by atoms with Crippen molar-refractivity contribution in [2.45, 2.75) is 26.3 Å². The minimum Gasteiger partial charge on any atom is -0.383 e. The number of hydrogen-bond donors (Lipinski definition) is 1. The number of rotatable bonds is 3. The number of allylic oxidation sites excluding steroid dienone is 6. The smallest absolute Gasteiger partial charge is 0.0304 e. The molecule has 0 saturated carbocycles. The highest BCUT2D eigenvalue weighted by molar-refractivity contribution is 5.36. The Bertz CT molecular complexity index is 267. The summed E-state index contributed by atoms with van der Waals surface area (Å²) in [6, 6.07) is 0.487. The topological polar surface area (TPSA) is 12.0 Å². The van der Waals surface area contributed by atoms with Gasteiger partial charge in [0.2, 0.25) is 0 Å². The third-order valence-corrected chi connectivity index (χ3v) is 1.84. The molecular formula is C12H17N. The molecule has 0 aliphatic heterocycles. The molecule has 0 radical (unpaired) electrons. The van der Waals surface area contributed by atoms with E-state index in [1.54, 1.807) is 0 Å². The van der Waals surface area contributed by atoms with E-state index < -0.39 is 0 Å². The maximum atomic E-state index is 3.75. The molecule has 0 aromatic heterocycles. The van der Waals surface area contributed by atoms with Crippen LogP contribution >= 0.6 is 0 Å². The fourth-order valence-electron chi connectivity index (χ4n) is 1.24. The van der Waals surface area contributed by atoms with Gasteiger partial charge in [-0.05, 0) is 31.9 Å². The first kappa shape index (κ1) is 9.85. The number of hydrogen-bond acceptors (Lipinski definition) is 1. The van der Waals surface area contributed by atoms with E-state index in [2.05, 4.69) is 50.0 Å². The van der Waals surface area contributed by atoms with E-state index >= 15 is 0 Å². The third kappa shape index (κ3) is 3.32. The van der Waals surface area contributed by atoms with Gasteiger partial charge in [0, 0.05) is 11.7 Å². The molecule has 0 fully saturated rings. The SMILES string of the molecule is C=CC1=CCC=C(NC(C)C)C=C1. The van der Waals surface area contributed by atoms with E-state index in [4.69, 9.17) is 0 Å². The van der Waals surface area contributed by atoms with E-state index in [-0.39, 0.29) is 0 Å². The first-order valence-corrected chi connectivity index (χ1v) is 4.69. The molecule has 70 valence electrons. The molecule has 1 heteroatoms. The van der Waals surface area contributed by atoms with E-state index in [0.717, 1.165) is 6.42 Å². The maximum absolute atomic E-state index is 3.75. The molecule has 0 saturated heterocycles. The van der Waals surface area contributed by atoms with Crippen molar-refractivity contribution >= 4 is 0 Å². The highest BCUT2D eigenvalue weighted by Crippen LogP contribution is 2.09. The van der Waals surface area contributed by atoms with Gasteiger partial charge in [0.15, 0.2) is 0 Å². The second kappa shape index (κ2) is 4.70. The fraction of sp³-hybridized carbons (Fsp3) is 0.333. The molecule has 1 nitrogen and oxygen atoms in total. The summed E-state index contributed by atoms with van der Waals surface area (Å²) >= 11 is 0. The summed E-state index contributed by atoms with van der Waals surface area (Å²) in [4.78, 5) is 0. The van der Waals surface area contributed by atoms with Crippen LogP contribution in [0.1, 0.15) is 20.3 Å². The van der Waals surface area contributed by atoms with Crippen molar-refractivity contribution in [3.8, 4) is 0 Å². The maximum Gasteiger partial charge on any atom is 0.0304 e. The molecule has 0 aromatic carbocycles. The molecule has 0 amide bonds. The first-order valence-electron chi connectivity index (χ1n) is 4.69. The van der Waals surface area contributed by atoms with Crippen LogP contribution in [-0.2, 0) is 0 Å². The predicted molar refractivity (Wildman–Crippen MR) is 58.4 cm³/mol. The van der Waals surface area contributed by atoms with Crippen molar-refractivity contribution in [3.63, 3.8) is 0 Å². The summed E-state index contributed by atoms with van der Waals surface area (Å²) in [6.45, 7) is 8.03. The van der Waals surface area contributed by atoms with E-state index in [1.165, 1.54) is 11.3 Å². The Kier molecular flexibility index (Phi) is 3.56. The zero-order valence-electron chi connectivity index (χ0n) is 8.38. The first-order chi connectivity index (χ1) is 6.22. The lowest BCUT2D eigenvalue weighted by molar-refractivity contribution is 0.679. The van der Waals surface area contributed by atoms with Gasteiger partial charge in [-0.3, -0.25) is 0 Å². The molecule has 1 aliphatic carbocycles. The molecule has 0 bridgehead atoms. The summed E-state index contributed by atoms with van der Waals surface area (Å²) in [6.07, 6.45) is 11.4. The van der Waals surface area contributed by atoms with Crippen LogP contribution in [0.15, 0.2) is 48.2 Å². The normalized spacial score (nSPS) is 16.2. The van der Waals surface area contributed by atoms with Crippen LogP contribution in [0.25, 0.3) is 0 Å². The Morgan fingerprint density at radius 3 is 2.77 bits per heavy atom. The van der Waals surface area contributed by atoms with Gasteiger partial charge in [0.05, 0.1) is 0 Å². The molecule has 13 heavy (non-hydrogen) atoms. The molecule has 0 spiro atoms. The van der Waals surface area contributed by atoms with Gasteiger partial charge in [-0.2, -0.15) is 0 Å². The van der Waals surface area contributed by atoms with Gasteiger partial charge in [-0.1, -0.05) is 30.9 Å². The highest BCUT2D eigenvalue weighted by Gasteiger charge is 1.97. The standard InChI is InChI=1S/C12H17N/c1-4-11-6-5-7-12(9-8-11)13-10(2)3/h4,6-10,13H,1,5H2,2-3H3. The Labute approximate surface area is 80.5 Å². The zero-order valence-corrected chi connectivity index (χ0v) is 8.38. The Hall–Kier alpha value is -1.24. The monoisotopic (exact) mass is 175 g/mol. The van der Waals surface area contributed by atoms with Crippen LogP contribution in [0.2, 0.25) is 0 Å². The molecule has 0 atom stereocenters. The summed E-state index contributed by atoms with van der Waals surface area (Å²) in [5.74, 6) is 0. The van der Waals surface area contributed by atoms with Crippen LogP contribution in [0, 0.1) is 0 Å². The molecule has 1 aliphatic rings. The minimum atomic E-state index is 0.487. The largest absolute Gasteiger partial charge is 0.383 e. The second-order valence-electron chi connectivity index (χ2n) is 3.44. The van der Waals surface area contributed by atoms with Gasteiger partial charge >= 0.3 is 0 Å². The minimum absolute atomic E-state index is 0.487. The predicted octanol–water partition coefficient (Wildman–Crippen LogP) is 2.94. The van der Waals surface area contributed by atoms with Crippen molar-refractivity contribution in [3.05, 3.63) is 48.2 Å². The van der Waals surface area contributed by atoms with Crippen LogP contribution in [0.4, 0.5) is 0 Å². The number of nitrogens with one attached hydrogen (secondary N) is 1. The lowest BCUT2D eigenvalue weighted by Crippen LogP contribution is -2.20.